The first-order valence-electron chi connectivity index (χ1n) is 6.23. The van der Waals surface area contributed by atoms with Crippen molar-refractivity contribution in [2.75, 3.05) is 13.1 Å². The van der Waals surface area contributed by atoms with Crippen molar-refractivity contribution in [3.05, 3.63) is 0 Å². The van der Waals surface area contributed by atoms with Crippen LogP contribution in [0.1, 0.15) is 51.9 Å². The first-order chi connectivity index (χ1) is 6.84. The van der Waals surface area contributed by atoms with Crippen molar-refractivity contribution in [2.24, 2.45) is 5.92 Å². The van der Waals surface area contributed by atoms with Crippen LogP contribution in [0.5, 0.6) is 0 Å². The first-order valence-corrected chi connectivity index (χ1v) is 6.23. The average molecular weight is 199 g/mol. The maximum absolute atomic E-state index is 9.87. The van der Waals surface area contributed by atoms with Gasteiger partial charge in [0.15, 0.2) is 0 Å². The molecule has 0 aromatic heterocycles. The number of aliphatic hydroxyl groups excluding tert-OH is 1. The Morgan fingerprint density at radius 2 is 2.00 bits per heavy atom. The van der Waals surface area contributed by atoms with Gasteiger partial charge in [-0.15, -0.1) is 0 Å². The van der Waals surface area contributed by atoms with E-state index in [2.05, 4.69) is 12.2 Å². The van der Waals surface area contributed by atoms with Gasteiger partial charge in [0.2, 0.25) is 0 Å². The lowest BCUT2D eigenvalue weighted by Crippen LogP contribution is -2.31. The van der Waals surface area contributed by atoms with Crippen LogP contribution in [0.4, 0.5) is 0 Å². The molecule has 1 saturated carbocycles. The predicted molar refractivity (Wildman–Crippen MR) is 60.4 cm³/mol. The van der Waals surface area contributed by atoms with Gasteiger partial charge >= 0.3 is 0 Å². The summed E-state index contributed by atoms with van der Waals surface area (Å²) in [6, 6.07) is 0. The molecule has 2 heteroatoms. The fraction of sp³-hybridized carbons (Fsp3) is 1.00. The van der Waals surface area contributed by atoms with Crippen LogP contribution >= 0.6 is 0 Å². The standard InChI is InChI=1S/C12H25NO/c1-2-3-9-13-10-11-7-5-4-6-8-12(11)14/h11-14H,2-10H2,1H3. The fourth-order valence-corrected chi connectivity index (χ4v) is 2.19. The second kappa shape index (κ2) is 7.24. The van der Waals surface area contributed by atoms with Gasteiger partial charge < -0.3 is 10.4 Å². The summed E-state index contributed by atoms with van der Waals surface area (Å²) in [6.07, 6.45) is 8.50. The summed E-state index contributed by atoms with van der Waals surface area (Å²) >= 11 is 0. The van der Waals surface area contributed by atoms with Gasteiger partial charge in [0, 0.05) is 6.54 Å². The molecule has 2 nitrogen and oxygen atoms in total. The number of rotatable bonds is 5. The largest absolute Gasteiger partial charge is 0.393 e. The zero-order chi connectivity index (χ0) is 10.2. The molecule has 0 spiro atoms. The monoisotopic (exact) mass is 199 g/mol. The molecule has 0 aromatic rings. The second-order valence-corrected chi connectivity index (χ2v) is 4.52. The lowest BCUT2D eigenvalue weighted by Gasteiger charge is -2.20. The number of nitrogens with one attached hydrogen (secondary N) is 1. The SMILES string of the molecule is CCCCNCC1CCCCCC1O. The van der Waals surface area contributed by atoms with E-state index in [1.165, 1.54) is 38.5 Å². The lowest BCUT2D eigenvalue weighted by molar-refractivity contribution is 0.1000. The molecule has 1 aliphatic carbocycles. The molecule has 1 rings (SSSR count). The Labute approximate surface area is 88.1 Å². The summed E-state index contributed by atoms with van der Waals surface area (Å²) < 4.78 is 0. The predicted octanol–water partition coefficient (Wildman–Crippen LogP) is 2.32. The van der Waals surface area contributed by atoms with Crippen LogP contribution in [0.2, 0.25) is 0 Å². The molecule has 1 fully saturated rings. The fourth-order valence-electron chi connectivity index (χ4n) is 2.19. The molecule has 2 N–H and O–H groups in total. The smallest absolute Gasteiger partial charge is 0.0580 e. The van der Waals surface area contributed by atoms with E-state index in [-0.39, 0.29) is 6.10 Å². The molecule has 0 aliphatic heterocycles. The van der Waals surface area contributed by atoms with Gasteiger partial charge in [-0.05, 0) is 31.7 Å². The molecular weight excluding hydrogens is 174 g/mol. The van der Waals surface area contributed by atoms with Crippen LogP contribution in [0.25, 0.3) is 0 Å². The van der Waals surface area contributed by atoms with Crippen molar-refractivity contribution < 1.29 is 5.11 Å². The molecule has 0 aromatic carbocycles. The van der Waals surface area contributed by atoms with Crippen molar-refractivity contribution in [3.8, 4) is 0 Å². The third-order valence-electron chi connectivity index (χ3n) is 3.23. The van der Waals surface area contributed by atoms with Crippen molar-refractivity contribution in [3.63, 3.8) is 0 Å². The van der Waals surface area contributed by atoms with E-state index in [0.29, 0.717) is 5.92 Å². The Balaban J connectivity index is 2.13. The van der Waals surface area contributed by atoms with E-state index in [0.717, 1.165) is 19.5 Å². The average Bonchev–Trinajstić information content (AvgIpc) is 2.39. The number of unbranched alkanes of at least 4 members (excludes halogenated alkanes) is 1. The lowest BCUT2D eigenvalue weighted by atomic mass is 9.97. The van der Waals surface area contributed by atoms with Gasteiger partial charge in [-0.3, -0.25) is 0 Å². The van der Waals surface area contributed by atoms with Gasteiger partial charge in [-0.1, -0.05) is 32.6 Å². The Bertz CT molecular complexity index is 138. The molecular formula is C12H25NO. The van der Waals surface area contributed by atoms with Crippen LogP contribution in [-0.2, 0) is 0 Å². The molecule has 2 unspecified atom stereocenters. The van der Waals surface area contributed by atoms with Gasteiger partial charge in [-0.25, -0.2) is 0 Å². The van der Waals surface area contributed by atoms with Crippen LogP contribution in [-0.4, -0.2) is 24.3 Å². The molecule has 0 bridgehead atoms. The van der Waals surface area contributed by atoms with Crippen molar-refractivity contribution in [1.29, 1.82) is 0 Å². The van der Waals surface area contributed by atoms with Crippen LogP contribution in [0.3, 0.4) is 0 Å². The summed E-state index contributed by atoms with van der Waals surface area (Å²) in [4.78, 5) is 0. The molecule has 2 atom stereocenters. The molecule has 0 heterocycles. The van der Waals surface area contributed by atoms with Crippen LogP contribution < -0.4 is 5.32 Å². The van der Waals surface area contributed by atoms with Gasteiger partial charge in [0.05, 0.1) is 6.10 Å². The zero-order valence-corrected chi connectivity index (χ0v) is 9.47. The van der Waals surface area contributed by atoms with E-state index in [1.807, 2.05) is 0 Å². The third kappa shape index (κ3) is 4.43. The van der Waals surface area contributed by atoms with Gasteiger partial charge in [-0.2, -0.15) is 0 Å². The zero-order valence-electron chi connectivity index (χ0n) is 9.47. The highest BCUT2D eigenvalue weighted by Gasteiger charge is 2.20. The summed E-state index contributed by atoms with van der Waals surface area (Å²) in [5.74, 6) is 0.509. The number of hydrogen-bond donors (Lipinski definition) is 2. The molecule has 0 saturated heterocycles. The third-order valence-corrected chi connectivity index (χ3v) is 3.23. The summed E-state index contributed by atoms with van der Waals surface area (Å²) in [5.41, 5.74) is 0. The minimum Gasteiger partial charge on any atom is -0.393 e. The molecule has 14 heavy (non-hydrogen) atoms. The highest BCUT2D eigenvalue weighted by atomic mass is 16.3. The normalized spacial score (nSPS) is 28.7. The summed E-state index contributed by atoms with van der Waals surface area (Å²) in [5, 5.41) is 13.3. The number of aliphatic hydroxyl groups is 1. The summed E-state index contributed by atoms with van der Waals surface area (Å²) in [6.45, 7) is 4.34. The highest BCUT2D eigenvalue weighted by molar-refractivity contribution is 4.74. The molecule has 0 amide bonds. The van der Waals surface area contributed by atoms with E-state index in [4.69, 9.17) is 0 Å². The van der Waals surface area contributed by atoms with E-state index in [1.54, 1.807) is 0 Å². The van der Waals surface area contributed by atoms with E-state index >= 15 is 0 Å². The van der Waals surface area contributed by atoms with Crippen LogP contribution in [0, 0.1) is 5.92 Å². The maximum atomic E-state index is 9.87. The van der Waals surface area contributed by atoms with Crippen LogP contribution in [0.15, 0.2) is 0 Å². The topological polar surface area (TPSA) is 32.3 Å². The summed E-state index contributed by atoms with van der Waals surface area (Å²) in [7, 11) is 0. The number of hydrogen-bond acceptors (Lipinski definition) is 2. The Morgan fingerprint density at radius 1 is 1.21 bits per heavy atom. The van der Waals surface area contributed by atoms with Crippen molar-refractivity contribution in [1.82, 2.24) is 5.32 Å². The Morgan fingerprint density at radius 3 is 2.79 bits per heavy atom. The molecule has 84 valence electrons. The maximum Gasteiger partial charge on any atom is 0.0580 e. The van der Waals surface area contributed by atoms with Gasteiger partial charge in [0.25, 0.3) is 0 Å². The highest BCUT2D eigenvalue weighted by Crippen LogP contribution is 2.22. The van der Waals surface area contributed by atoms with Crippen molar-refractivity contribution >= 4 is 0 Å². The Hall–Kier alpha value is -0.0800. The molecule has 0 radical (unpaired) electrons. The first kappa shape index (κ1) is 12.0. The van der Waals surface area contributed by atoms with Crippen molar-refractivity contribution in [2.45, 2.75) is 58.0 Å². The minimum absolute atomic E-state index is 0.0494. The molecule has 1 aliphatic rings. The second-order valence-electron chi connectivity index (χ2n) is 4.52. The quantitative estimate of drug-likeness (QED) is 0.526. The van der Waals surface area contributed by atoms with E-state index < -0.39 is 0 Å². The minimum atomic E-state index is -0.0494. The Kier molecular flexibility index (Phi) is 6.20. The van der Waals surface area contributed by atoms with Gasteiger partial charge in [0.1, 0.15) is 0 Å². The van der Waals surface area contributed by atoms with E-state index in [9.17, 15) is 5.11 Å².